The van der Waals surface area contributed by atoms with E-state index in [-0.39, 0.29) is 5.23 Å². The van der Waals surface area contributed by atoms with Crippen LogP contribution in [0.3, 0.4) is 0 Å². The molecule has 0 aromatic rings. The minimum atomic E-state index is -1.21. The number of primary amides is 1. The number of carbonyl (C=O) groups is 4. The van der Waals surface area contributed by atoms with Crippen LogP contribution >= 0.6 is 0 Å². The van der Waals surface area contributed by atoms with E-state index in [0.29, 0.717) is 6.54 Å². The van der Waals surface area contributed by atoms with E-state index in [1.807, 2.05) is 6.92 Å². The van der Waals surface area contributed by atoms with Crippen LogP contribution in [0.4, 0.5) is 0 Å². The minimum Gasteiger partial charge on any atom is -0.368 e. The molecular weight excluding hydrogens is 284 g/mol. The van der Waals surface area contributed by atoms with E-state index in [1.165, 1.54) is 0 Å². The molecule has 0 aromatic carbocycles. The molecule has 1 heterocycles. The number of nitrogens with two attached hydrogens (primary N) is 2. The molecular formula is C11H18N4O6. The Labute approximate surface area is 120 Å². The second-order valence-electron chi connectivity index (χ2n) is 4.45. The standard InChI is InChI=1S/C11H18N4O6/c1-2-3-14-7(10(13)18)5-8(16)15-20-9(17)4-6(12)11(19)21-15/h6-7,14H,2-5,12H2,1H3,(H2,13,18). The van der Waals surface area contributed by atoms with Crippen LogP contribution in [0.25, 0.3) is 0 Å². The van der Waals surface area contributed by atoms with Crippen molar-refractivity contribution in [1.82, 2.24) is 10.5 Å². The maximum atomic E-state index is 11.9. The molecule has 0 radical (unpaired) electrons. The Bertz CT molecular complexity index is 440. The summed E-state index contributed by atoms with van der Waals surface area (Å²) in [7, 11) is 0. The lowest BCUT2D eigenvalue weighted by atomic mass is 10.2. The van der Waals surface area contributed by atoms with Gasteiger partial charge in [0.1, 0.15) is 6.04 Å². The van der Waals surface area contributed by atoms with Gasteiger partial charge >= 0.3 is 11.9 Å². The first-order valence-corrected chi connectivity index (χ1v) is 6.39. The summed E-state index contributed by atoms with van der Waals surface area (Å²) >= 11 is 0. The smallest absolute Gasteiger partial charge is 0.353 e. The van der Waals surface area contributed by atoms with Crippen molar-refractivity contribution >= 4 is 23.8 Å². The van der Waals surface area contributed by atoms with Gasteiger partial charge in [-0.2, -0.15) is 0 Å². The van der Waals surface area contributed by atoms with Gasteiger partial charge in [-0.05, 0) is 13.0 Å². The number of hydroxylamine groups is 2. The number of nitrogens with one attached hydrogen (secondary N) is 1. The van der Waals surface area contributed by atoms with Crippen LogP contribution in [0.15, 0.2) is 0 Å². The lowest BCUT2D eigenvalue weighted by Crippen LogP contribution is -2.46. The zero-order valence-corrected chi connectivity index (χ0v) is 11.5. The predicted octanol–water partition coefficient (Wildman–Crippen LogP) is -2.29. The lowest BCUT2D eigenvalue weighted by Gasteiger charge is -2.19. The van der Waals surface area contributed by atoms with E-state index in [0.717, 1.165) is 6.42 Å². The third-order valence-corrected chi connectivity index (χ3v) is 2.61. The zero-order valence-electron chi connectivity index (χ0n) is 11.5. The van der Waals surface area contributed by atoms with E-state index >= 15 is 0 Å². The van der Waals surface area contributed by atoms with Gasteiger partial charge in [-0.1, -0.05) is 6.92 Å². The highest BCUT2D eigenvalue weighted by Gasteiger charge is 2.34. The van der Waals surface area contributed by atoms with Crippen LogP contribution in [0.5, 0.6) is 0 Å². The lowest BCUT2D eigenvalue weighted by molar-refractivity contribution is -0.301. The molecule has 118 valence electrons. The van der Waals surface area contributed by atoms with Gasteiger partial charge in [0.25, 0.3) is 5.91 Å². The molecule has 2 atom stereocenters. The molecule has 10 heteroatoms. The Morgan fingerprint density at radius 1 is 1.43 bits per heavy atom. The Morgan fingerprint density at radius 2 is 2.10 bits per heavy atom. The summed E-state index contributed by atoms with van der Waals surface area (Å²) in [5.41, 5.74) is 10.5. The highest BCUT2D eigenvalue weighted by molar-refractivity contribution is 5.89. The number of hydrogen-bond acceptors (Lipinski definition) is 8. The quantitative estimate of drug-likeness (QED) is 0.495. The van der Waals surface area contributed by atoms with Crippen molar-refractivity contribution in [1.29, 1.82) is 0 Å². The van der Waals surface area contributed by atoms with Gasteiger partial charge in [0, 0.05) is 5.23 Å². The Kier molecular flexibility index (Phi) is 6.06. The molecule has 0 spiro atoms. The molecule has 1 aliphatic heterocycles. The monoisotopic (exact) mass is 302 g/mol. The SMILES string of the molecule is CCCNC(CC(=O)N1OC(=O)CC(N)C(=O)O1)C(N)=O. The second-order valence-corrected chi connectivity index (χ2v) is 4.45. The van der Waals surface area contributed by atoms with Crippen LogP contribution in [0, 0.1) is 0 Å². The first-order valence-electron chi connectivity index (χ1n) is 6.39. The Balaban J connectivity index is 2.69. The fraction of sp³-hybridized carbons (Fsp3) is 0.636. The molecule has 1 rings (SSSR count). The first-order chi connectivity index (χ1) is 9.85. The molecule has 1 saturated heterocycles. The fourth-order valence-electron chi connectivity index (χ4n) is 1.50. The largest absolute Gasteiger partial charge is 0.368 e. The normalized spacial score (nSPS) is 20.3. The van der Waals surface area contributed by atoms with Crippen molar-refractivity contribution in [2.75, 3.05) is 6.54 Å². The molecule has 1 fully saturated rings. The molecule has 2 unspecified atom stereocenters. The summed E-state index contributed by atoms with van der Waals surface area (Å²) < 4.78 is 0. The number of rotatable bonds is 6. The molecule has 5 N–H and O–H groups in total. The van der Waals surface area contributed by atoms with Gasteiger partial charge in [0.05, 0.1) is 18.9 Å². The van der Waals surface area contributed by atoms with Gasteiger partial charge in [0.2, 0.25) is 5.91 Å². The Hall–Kier alpha value is -2.20. The van der Waals surface area contributed by atoms with Crippen molar-refractivity contribution in [2.24, 2.45) is 11.5 Å². The molecule has 0 aromatic heterocycles. The average molecular weight is 302 g/mol. The molecule has 0 aliphatic carbocycles. The molecule has 10 nitrogen and oxygen atoms in total. The van der Waals surface area contributed by atoms with E-state index in [1.54, 1.807) is 0 Å². The van der Waals surface area contributed by atoms with Gasteiger partial charge in [-0.25, -0.2) is 9.59 Å². The van der Waals surface area contributed by atoms with Crippen molar-refractivity contribution in [3.05, 3.63) is 0 Å². The highest BCUT2D eigenvalue weighted by Crippen LogP contribution is 2.10. The topological polar surface area (TPSA) is 154 Å². The van der Waals surface area contributed by atoms with Crippen molar-refractivity contribution < 1.29 is 28.9 Å². The molecule has 1 aliphatic rings. The number of carbonyl (C=O) groups excluding carboxylic acids is 4. The van der Waals surface area contributed by atoms with Gasteiger partial charge in [0.15, 0.2) is 0 Å². The molecule has 21 heavy (non-hydrogen) atoms. The number of amides is 2. The second kappa shape index (κ2) is 7.55. The van der Waals surface area contributed by atoms with Gasteiger partial charge < -0.3 is 26.5 Å². The summed E-state index contributed by atoms with van der Waals surface area (Å²) in [6.45, 7) is 2.33. The Morgan fingerprint density at radius 3 is 2.67 bits per heavy atom. The van der Waals surface area contributed by atoms with E-state index in [4.69, 9.17) is 11.5 Å². The van der Waals surface area contributed by atoms with Crippen LogP contribution in [0.1, 0.15) is 26.2 Å². The third-order valence-electron chi connectivity index (χ3n) is 2.61. The van der Waals surface area contributed by atoms with Crippen LogP contribution in [0.2, 0.25) is 0 Å². The molecule has 0 saturated carbocycles. The zero-order chi connectivity index (χ0) is 16.0. The molecule has 0 bridgehead atoms. The molecule has 2 amide bonds. The van der Waals surface area contributed by atoms with Crippen LogP contribution in [-0.4, -0.2) is 47.6 Å². The van der Waals surface area contributed by atoms with E-state index in [9.17, 15) is 19.2 Å². The van der Waals surface area contributed by atoms with Gasteiger partial charge in [-0.3, -0.25) is 9.59 Å². The van der Waals surface area contributed by atoms with Crippen LogP contribution in [-0.2, 0) is 28.9 Å². The highest BCUT2D eigenvalue weighted by atomic mass is 17.0. The first kappa shape index (κ1) is 16.9. The van der Waals surface area contributed by atoms with E-state index in [2.05, 4.69) is 15.0 Å². The van der Waals surface area contributed by atoms with Crippen molar-refractivity contribution in [2.45, 2.75) is 38.3 Å². The van der Waals surface area contributed by atoms with E-state index < -0.39 is 48.7 Å². The van der Waals surface area contributed by atoms with Crippen molar-refractivity contribution in [3.8, 4) is 0 Å². The maximum absolute atomic E-state index is 11.9. The summed E-state index contributed by atoms with van der Waals surface area (Å²) in [6.07, 6.45) is -0.110. The summed E-state index contributed by atoms with van der Waals surface area (Å²) in [5, 5.41) is 2.90. The predicted molar refractivity (Wildman–Crippen MR) is 67.5 cm³/mol. The van der Waals surface area contributed by atoms with Crippen LogP contribution < -0.4 is 16.8 Å². The van der Waals surface area contributed by atoms with Crippen molar-refractivity contribution in [3.63, 3.8) is 0 Å². The number of nitrogens with zero attached hydrogens (tertiary/aromatic N) is 1. The maximum Gasteiger partial charge on any atom is 0.353 e. The summed E-state index contributed by atoms with van der Waals surface area (Å²) in [5.74, 6) is -3.52. The summed E-state index contributed by atoms with van der Waals surface area (Å²) in [4.78, 5) is 54.9. The average Bonchev–Trinajstić information content (AvgIpc) is 2.53. The minimum absolute atomic E-state index is 0.140. The summed E-state index contributed by atoms with van der Waals surface area (Å²) in [6, 6.07) is -2.17. The fourth-order valence-corrected chi connectivity index (χ4v) is 1.50. The van der Waals surface area contributed by atoms with Gasteiger partial charge in [-0.15, -0.1) is 0 Å². The third kappa shape index (κ3) is 5.00. The number of hydrogen-bond donors (Lipinski definition) is 3.